The highest BCUT2D eigenvalue weighted by atomic mass is 16.5. The van der Waals surface area contributed by atoms with Gasteiger partial charge in [-0.05, 0) is 32.1 Å². The molecule has 0 radical (unpaired) electrons. The maximum absolute atomic E-state index is 11.7. The number of hydrogen-bond acceptors (Lipinski definition) is 3. The molecule has 0 saturated carbocycles. The molecule has 0 aromatic rings. The molecule has 4 nitrogen and oxygen atoms in total. The number of nitrogens with one attached hydrogen (secondary N) is 2. The van der Waals surface area contributed by atoms with Crippen LogP contribution in [0.1, 0.15) is 39.5 Å². The van der Waals surface area contributed by atoms with Crippen molar-refractivity contribution in [3.05, 3.63) is 0 Å². The van der Waals surface area contributed by atoms with Crippen molar-refractivity contribution < 1.29 is 9.53 Å². The molecular weight excluding hydrogens is 216 g/mol. The molecule has 1 rings (SSSR count). The zero-order valence-electron chi connectivity index (χ0n) is 11.1. The Morgan fingerprint density at radius 1 is 1.53 bits per heavy atom. The maximum atomic E-state index is 11.7. The smallest absolute Gasteiger partial charge is 0.236 e. The van der Waals surface area contributed by atoms with E-state index in [1.807, 2.05) is 6.92 Å². The molecular formula is C13H26N2O2. The molecule has 4 heteroatoms. The highest BCUT2D eigenvalue weighted by Crippen LogP contribution is 2.12. The number of unbranched alkanes of at least 4 members (excludes halogenated alkanes) is 1. The zero-order valence-corrected chi connectivity index (χ0v) is 11.1. The van der Waals surface area contributed by atoms with Crippen LogP contribution in [0.2, 0.25) is 0 Å². The maximum Gasteiger partial charge on any atom is 0.236 e. The van der Waals surface area contributed by atoms with Crippen LogP contribution in [0.15, 0.2) is 0 Å². The van der Waals surface area contributed by atoms with E-state index in [0.717, 1.165) is 45.6 Å². The third-order valence-electron chi connectivity index (χ3n) is 3.19. The van der Waals surface area contributed by atoms with Gasteiger partial charge in [0.2, 0.25) is 5.91 Å². The van der Waals surface area contributed by atoms with Crippen LogP contribution in [-0.4, -0.2) is 38.3 Å². The molecule has 1 amide bonds. The van der Waals surface area contributed by atoms with Crippen LogP contribution in [0.5, 0.6) is 0 Å². The lowest BCUT2D eigenvalue weighted by molar-refractivity contribution is -0.122. The summed E-state index contributed by atoms with van der Waals surface area (Å²) in [7, 11) is 0. The van der Waals surface area contributed by atoms with Gasteiger partial charge in [-0.3, -0.25) is 4.79 Å². The average Bonchev–Trinajstić information content (AvgIpc) is 2.37. The third-order valence-corrected chi connectivity index (χ3v) is 3.19. The monoisotopic (exact) mass is 242 g/mol. The lowest BCUT2D eigenvalue weighted by Gasteiger charge is -2.24. The van der Waals surface area contributed by atoms with Gasteiger partial charge in [0.05, 0.1) is 12.6 Å². The van der Waals surface area contributed by atoms with Gasteiger partial charge in [0.1, 0.15) is 0 Å². The second kappa shape index (κ2) is 8.48. The SMILES string of the molecule is CCCCNC(=O)C(C)NCC1CCCOC1. The Morgan fingerprint density at radius 3 is 3.00 bits per heavy atom. The van der Waals surface area contributed by atoms with Crippen molar-refractivity contribution >= 4 is 5.91 Å². The van der Waals surface area contributed by atoms with Gasteiger partial charge in [0.25, 0.3) is 0 Å². The molecule has 2 unspecified atom stereocenters. The highest BCUT2D eigenvalue weighted by molar-refractivity contribution is 5.81. The topological polar surface area (TPSA) is 50.4 Å². The molecule has 0 bridgehead atoms. The standard InChI is InChI=1S/C13H26N2O2/c1-3-4-7-14-13(16)11(2)15-9-12-6-5-8-17-10-12/h11-12,15H,3-10H2,1-2H3,(H,14,16). The summed E-state index contributed by atoms with van der Waals surface area (Å²) in [5.41, 5.74) is 0. The molecule has 17 heavy (non-hydrogen) atoms. The first-order chi connectivity index (χ1) is 8.24. The van der Waals surface area contributed by atoms with Crippen molar-refractivity contribution in [2.24, 2.45) is 5.92 Å². The van der Waals surface area contributed by atoms with Crippen LogP contribution in [0.25, 0.3) is 0 Å². The summed E-state index contributed by atoms with van der Waals surface area (Å²) >= 11 is 0. The molecule has 1 fully saturated rings. The molecule has 0 spiro atoms. The molecule has 0 aromatic heterocycles. The zero-order chi connectivity index (χ0) is 12.5. The fourth-order valence-electron chi connectivity index (χ4n) is 1.95. The summed E-state index contributed by atoms with van der Waals surface area (Å²) in [5, 5.41) is 6.23. The van der Waals surface area contributed by atoms with Crippen LogP contribution in [-0.2, 0) is 9.53 Å². The number of ether oxygens (including phenoxy) is 1. The van der Waals surface area contributed by atoms with Crippen molar-refractivity contribution in [3.8, 4) is 0 Å². The van der Waals surface area contributed by atoms with Crippen LogP contribution in [0, 0.1) is 5.92 Å². The molecule has 1 aliphatic heterocycles. The van der Waals surface area contributed by atoms with Gasteiger partial charge < -0.3 is 15.4 Å². The van der Waals surface area contributed by atoms with Crippen molar-refractivity contribution in [3.63, 3.8) is 0 Å². The molecule has 1 aliphatic rings. The van der Waals surface area contributed by atoms with E-state index in [1.165, 1.54) is 6.42 Å². The summed E-state index contributed by atoms with van der Waals surface area (Å²) in [6.45, 7) is 7.43. The van der Waals surface area contributed by atoms with Gasteiger partial charge >= 0.3 is 0 Å². The third kappa shape index (κ3) is 6.03. The first-order valence-electron chi connectivity index (χ1n) is 6.83. The minimum atomic E-state index is -0.103. The molecule has 2 atom stereocenters. The van der Waals surface area contributed by atoms with Gasteiger partial charge in [0.15, 0.2) is 0 Å². The number of amides is 1. The normalized spacial score (nSPS) is 22.1. The van der Waals surface area contributed by atoms with E-state index in [0.29, 0.717) is 5.92 Å². The van der Waals surface area contributed by atoms with Crippen molar-refractivity contribution in [1.29, 1.82) is 0 Å². The Morgan fingerprint density at radius 2 is 2.35 bits per heavy atom. The van der Waals surface area contributed by atoms with Gasteiger partial charge in [-0.2, -0.15) is 0 Å². The Kier molecular flexibility index (Phi) is 7.21. The fraction of sp³-hybridized carbons (Fsp3) is 0.923. The van der Waals surface area contributed by atoms with Crippen LogP contribution < -0.4 is 10.6 Å². The van der Waals surface area contributed by atoms with Crippen molar-refractivity contribution in [1.82, 2.24) is 10.6 Å². The first-order valence-corrected chi connectivity index (χ1v) is 6.83. The average molecular weight is 242 g/mol. The van der Waals surface area contributed by atoms with Crippen LogP contribution in [0.3, 0.4) is 0 Å². The quantitative estimate of drug-likeness (QED) is 0.662. The molecule has 1 saturated heterocycles. The number of hydrogen-bond donors (Lipinski definition) is 2. The van der Waals surface area contributed by atoms with Crippen molar-refractivity contribution in [2.75, 3.05) is 26.3 Å². The highest BCUT2D eigenvalue weighted by Gasteiger charge is 2.17. The summed E-state index contributed by atoms with van der Waals surface area (Å²) in [4.78, 5) is 11.7. The molecule has 0 aromatic carbocycles. The van der Waals surface area contributed by atoms with E-state index in [2.05, 4.69) is 17.6 Å². The summed E-state index contributed by atoms with van der Waals surface area (Å²) in [6, 6.07) is -0.103. The van der Waals surface area contributed by atoms with Gasteiger partial charge in [-0.15, -0.1) is 0 Å². The second-order valence-corrected chi connectivity index (χ2v) is 4.86. The van der Waals surface area contributed by atoms with E-state index in [-0.39, 0.29) is 11.9 Å². The molecule has 2 N–H and O–H groups in total. The predicted octanol–water partition coefficient (Wildman–Crippen LogP) is 1.31. The van der Waals surface area contributed by atoms with Gasteiger partial charge in [-0.25, -0.2) is 0 Å². The Bertz CT molecular complexity index is 215. The fourth-order valence-corrected chi connectivity index (χ4v) is 1.95. The molecule has 100 valence electrons. The Labute approximate surface area is 104 Å². The number of carbonyl (C=O) groups is 1. The Hall–Kier alpha value is -0.610. The summed E-state index contributed by atoms with van der Waals surface area (Å²) < 4.78 is 5.41. The van der Waals surface area contributed by atoms with Crippen LogP contribution >= 0.6 is 0 Å². The van der Waals surface area contributed by atoms with Gasteiger partial charge in [-0.1, -0.05) is 13.3 Å². The molecule has 1 heterocycles. The van der Waals surface area contributed by atoms with E-state index < -0.39 is 0 Å². The van der Waals surface area contributed by atoms with E-state index in [4.69, 9.17) is 4.74 Å². The first kappa shape index (κ1) is 14.5. The lowest BCUT2D eigenvalue weighted by Crippen LogP contribution is -2.44. The summed E-state index contributed by atoms with van der Waals surface area (Å²) in [5.74, 6) is 0.671. The lowest BCUT2D eigenvalue weighted by atomic mass is 10.0. The Balaban J connectivity index is 2.10. The minimum Gasteiger partial charge on any atom is -0.381 e. The largest absolute Gasteiger partial charge is 0.381 e. The van der Waals surface area contributed by atoms with Crippen molar-refractivity contribution in [2.45, 2.75) is 45.6 Å². The van der Waals surface area contributed by atoms with Crippen LogP contribution in [0.4, 0.5) is 0 Å². The van der Waals surface area contributed by atoms with E-state index in [1.54, 1.807) is 0 Å². The number of carbonyl (C=O) groups excluding carboxylic acids is 1. The predicted molar refractivity (Wildman–Crippen MR) is 68.9 cm³/mol. The van der Waals surface area contributed by atoms with E-state index >= 15 is 0 Å². The minimum absolute atomic E-state index is 0.103. The number of rotatable bonds is 7. The van der Waals surface area contributed by atoms with Gasteiger partial charge in [0, 0.05) is 19.7 Å². The summed E-state index contributed by atoms with van der Waals surface area (Å²) in [6.07, 6.45) is 4.51. The second-order valence-electron chi connectivity index (χ2n) is 4.86. The van der Waals surface area contributed by atoms with E-state index in [9.17, 15) is 4.79 Å². The molecule has 0 aliphatic carbocycles.